The second kappa shape index (κ2) is 9.91. The number of aryl methyl sites for hydroxylation is 3. The van der Waals surface area contributed by atoms with Crippen molar-refractivity contribution in [2.75, 3.05) is 6.61 Å². The number of pyridine rings is 1. The maximum absolute atomic E-state index is 5.64. The molecule has 1 aromatic heterocycles. The number of rotatable bonds is 9. The van der Waals surface area contributed by atoms with Crippen molar-refractivity contribution in [2.24, 2.45) is 0 Å². The predicted molar refractivity (Wildman–Crippen MR) is 113 cm³/mol. The van der Waals surface area contributed by atoms with Gasteiger partial charge in [0.25, 0.3) is 0 Å². The lowest BCUT2D eigenvalue weighted by Gasteiger charge is -2.07. The first kappa shape index (κ1) is 19.2. The van der Waals surface area contributed by atoms with Crippen molar-refractivity contribution < 1.29 is 4.74 Å². The summed E-state index contributed by atoms with van der Waals surface area (Å²) in [6.07, 6.45) is 7.46. The normalized spacial score (nSPS) is 10.7. The molecule has 2 nitrogen and oxygen atoms in total. The van der Waals surface area contributed by atoms with Gasteiger partial charge >= 0.3 is 0 Å². The van der Waals surface area contributed by atoms with Crippen LogP contribution >= 0.6 is 0 Å². The molecule has 0 fully saturated rings. The van der Waals surface area contributed by atoms with E-state index >= 15 is 0 Å². The minimum absolute atomic E-state index is 0.758. The minimum atomic E-state index is 0.758. The number of benzene rings is 2. The van der Waals surface area contributed by atoms with Crippen molar-refractivity contribution in [1.82, 2.24) is 4.98 Å². The Labute approximate surface area is 163 Å². The molecule has 0 unspecified atom stereocenters. The molecule has 0 amide bonds. The highest BCUT2D eigenvalue weighted by molar-refractivity contribution is 5.60. The van der Waals surface area contributed by atoms with Crippen molar-refractivity contribution in [2.45, 2.75) is 46.0 Å². The molecule has 0 saturated carbocycles. The molecular formula is C25H29NO. The standard InChI is InChI=1S/C25H29NO/c1-3-5-20-6-8-21(9-7-20)10-11-22-12-17-25(26-19-22)23-13-15-24(16-14-23)27-18-4-2/h6-9,12-17,19H,3-5,10-11,18H2,1-2H3. The molecule has 2 aromatic carbocycles. The van der Waals surface area contributed by atoms with E-state index in [2.05, 4.69) is 67.4 Å². The van der Waals surface area contributed by atoms with E-state index in [-0.39, 0.29) is 0 Å². The highest BCUT2D eigenvalue weighted by Gasteiger charge is 2.02. The highest BCUT2D eigenvalue weighted by atomic mass is 16.5. The van der Waals surface area contributed by atoms with Crippen LogP contribution in [0.3, 0.4) is 0 Å². The average molecular weight is 360 g/mol. The van der Waals surface area contributed by atoms with E-state index in [0.717, 1.165) is 49.3 Å². The Balaban J connectivity index is 1.56. The van der Waals surface area contributed by atoms with Crippen molar-refractivity contribution in [1.29, 1.82) is 0 Å². The van der Waals surface area contributed by atoms with Crippen LogP contribution in [0.15, 0.2) is 66.9 Å². The van der Waals surface area contributed by atoms with Crippen LogP contribution in [0.2, 0.25) is 0 Å². The number of aromatic nitrogens is 1. The Morgan fingerprint density at radius 1 is 0.667 bits per heavy atom. The van der Waals surface area contributed by atoms with Gasteiger partial charge in [0.2, 0.25) is 0 Å². The van der Waals surface area contributed by atoms with Gasteiger partial charge in [-0.1, -0.05) is 50.6 Å². The Morgan fingerprint density at radius 2 is 1.30 bits per heavy atom. The van der Waals surface area contributed by atoms with Gasteiger partial charge in [0.05, 0.1) is 12.3 Å². The molecule has 0 aliphatic rings. The smallest absolute Gasteiger partial charge is 0.119 e. The Morgan fingerprint density at radius 3 is 1.89 bits per heavy atom. The van der Waals surface area contributed by atoms with E-state index in [1.54, 1.807) is 0 Å². The summed E-state index contributed by atoms with van der Waals surface area (Å²) >= 11 is 0. The van der Waals surface area contributed by atoms with Crippen LogP contribution in [0, 0.1) is 0 Å². The zero-order chi connectivity index (χ0) is 18.9. The van der Waals surface area contributed by atoms with E-state index in [0.29, 0.717) is 0 Å². The van der Waals surface area contributed by atoms with Gasteiger partial charge in [-0.2, -0.15) is 0 Å². The van der Waals surface area contributed by atoms with Crippen LogP contribution in [0.5, 0.6) is 5.75 Å². The third-order valence-corrected chi connectivity index (χ3v) is 4.71. The fourth-order valence-corrected chi connectivity index (χ4v) is 3.13. The molecule has 1 heterocycles. The molecule has 0 spiro atoms. The zero-order valence-corrected chi connectivity index (χ0v) is 16.4. The second-order valence-electron chi connectivity index (χ2n) is 6.99. The van der Waals surface area contributed by atoms with Crippen LogP contribution in [-0.4, -0.2) is 11.6 Å². The number of ether oxygens (including phenoxy) is 1. The van der Waals surface area contributed by atoms with Crippen LogP contribution < -0.4 is 4.74 Å². The quantitative estimate of drug-likeness (QED) is 0.449. The van der Waals surface area contributed by atoms with E-state index in [9.17, 15) is 0 Å². The van der Waals surface area contributed by atoms with Crippen molar-refractivity contribution in [3.05, 3.63) is 83.6 Å². The van der Waals surface area contributed by atoms with E-state index in [1.165, 1.54) is 23.1 Å². The molecule has 0 atom stereocenters. The fourth-order valence-electron chi connectivity index (χ4n) is 3.13. The summed E-state index contributed by atoms with van der Waals surface area (Å²) < 4.78 is 5.64. The number of hydrogen-bond donors (Lipinski definition) is 0. The lowest BCUT2D eigenvalue weighted by atomic mass is 10.0. The number of hydrogen-bond acceptors (Lipinski definition) is 2. The summed E-state index contributed by atoms with van der Waals surface area (Å²) in [6.45, 7) is 5.09. The van der Waals surface area contributed by atoms with Gasteiger partial charge in [-0.25, -0.2) is 0 Å². The molecule has 0 radical (unpaired) electrons. The lowest BCUT2D eigenvalue weighted by molar-refractivity contribution is 0.317. The molecule has 0 N–H and O–H groups in total. The maximum atomic E-state index is 5.64. The van der Waals surface area contributed by atoms with Crippen LogP contribution in [0.4, 0.5) is 0 Å². The van der Waals surface area contributed by atoms with Gasteiger partial charge in [-0.05, 0) is 72.7 Å². The molecule has 3 rings (SSSR count). The van der Waals surface area contributed by atoms with Crippen molar-refractivity contribution in [3.63, 3.8) is 0 Å². The van der Waals surface area contributed by atoms with E-state index in [1.807, 2.05) is 18.3 Å². The first-order chi connectivity index (χ1) is 13.3. The summed E-state index contributed by atoms with van der Waals surface area (Å²) in [7, 11) is 0. The van der Waals surface area contributed by atoms with Crippen LogP contribution in [0.1, 0.15) is 43.4 Å². The SMILES string of the molecule is CCCOc1ccc(-c2ccc(CCc3ccc(CCC)cc3)cn2)cc1. The number of nitrogens with zero attached hydrogens (tertiary/aromatic N) is 1. The van der Waals surface area contributed by atoms with Crippen LogP contribution in [0.25, 0.3) is 11.3 Å². The first-order valence-electron chi connectivity index (χ1n) is 10.0. The topological polar surface area (TPSA) is 22.1 Å². The fraction of sp³-hybridized carbons (Fsp3) is 0.320. The van der Waals surface area contributed by atoms with Gasteiger partial charge in [-0.15, -0.1) is 0 Å². The first-order valence-corrected chi connectivity index (χ1v) is 10.0. The summed E-state index contributed by atoms with van der Waals surface area (Å²) in [4.78, 5) is 4.65. The van der Waals surface area contributed by atoms with Crippen molar-refractivity contribution >= 4 is 0 Å². The Bertz CT molecular complexity index is 804. The highest BCUT2D eigenvalue weighted by Crippen LogP contribution is 2.21. The van der Waals surface area contributed by atoms with Crippen LogP contribution in [-0.2, 0) is 19.3 Å². The monoisotopic (exact) mass is 359 g/mol. The van der Waals surface area contributed by atoms with Gasteiger partial charge in [0.15, 0.2) is 0 Å². The Hall–Kier alpha value is -2.61. The van der Waals surface area contributed by atoms with E-state index in [4.69, 9.17) is 4.74 Å². The van der Waals surface area contributed by atoms with Gasteiger partial charge < -0.3 is 4.74 Å². The molecular weight excluding hydrogens is 330 g/mol. The van der Waals surface area contributed by atoms with Gasteiger partial charge in [0.1, 0.15) is 5.75 Å². The van der Waals surface area contributed by atoms with Gasteiger partial charge in [-0.3, -0.25) is 4.98 Å². The lowest BCUT2D eigenvalue weighted by Crippen LogP contribution is -1.95. The van der Waals surface area contributed by atoms with E-state index < -0.39 is 0 Å². The maximum Gasteiger partial charge on any atom is 0.119 e. The van der Waals surface area contributed by atoms with Crippen molar-refractivity contribution in [3.8, 4) is 17.0 Å². The second-order valence-corrected chi connectivity index (χ2v) is 6.99. The van der Waals surface area contributed by atoms with Gasteiger partial charge in [0, 0.05) is 11.8 Å². The Kier molecular flexibility index (Phi) is 7.04. The molecule has 0 saturated heterocycles. The largest absolute Gasteiger partial charge is 0.494 e. The summed E-state index contributed by atoms with van der Waals surface area (Å²) in [6, 6.07) is 21.5. The molecule has 2 heteroatoms. The third kappa shape index (κ3) is 5.68. The predicted octanol–water partition coefficient (Wildman–Crippen LogP) is 6.28. The molecule has 0 aliphatic heterocycles. The zero-order valence-electron chi connectivity index (χ0n) is 16.4. The summed E-state index contributed by atoms with van der Waals surface area (Å²) in [5, 5.41) is 0. The molecule has 27 heavy (non-hydrogen) atoms. The molecule has 0 bridgehead atoms. The molecule has 0 aliphatic carbocycles. The third-order valence-electron chi connectivity index (χ3n) is 4.71. The summed E-state index contributed by atoms with van der Waals surface area (Å²) in [5.74, 6) is 0.919. The molecule has 140 valence electrons. The average Bonchev–Trinajstić information content (AvgIpc) is 2.73. The summed E-state index contributed by atoms with van der Waals surface area (Å²) in [5.41, 5.74) is 6.22. The minimum Gasteiger partial charge on any atom is -0.494 e. The molecule has 3 aromatic rings.